The highest BCUT2D eigenvalue weighted by atomic mass is 16.2. The van der Waals surface area contributed by atoms with Gasteiger partial charge in [-0.1, -0.05) is 0 Å². The number of carbonyl (C=O) groups is 3. The summed E-state index contributed by atoms with van der Waals surface area (Å²) in [7, 11) is 1.76. The first-order chi connectivity index (χ1) is 9.60. The number of hydrogen-bond acceptors (Lipinski definition) is 4. The van der Waals surface area contributed by atoms with E-state index in [-0.39, 0.29) is 18.9 Å². The van der Waals surface area contributed by atoms with Gasteiger partial charge in [-0.15, -0.1) is 0 Å². The average Bonchev–Trinajstić information content (AvgIpc) is 2.80. The van der Waals surface area contributed by atoms with Crippen LogP contribution < -0.4 is 10.2 Å². The molecule has 0 aliphatic carbocycles. The third-order valence-corrected chi connectivity index (χ3v) is 3.32. The number of benzene rings is 1. The molecule has 0 bridgehead atoms. The van der Waals surface area contributed by atoms with Gasteiger partial charge in [0.1, 0.15) is 6.29 Å². The molecule has 2 heterocycles. The number of anilines is 1. The van der Waals surface area contributed by atoms with E-state index in [2.05, 4.69) is 10.4 Å². The summed E-state index contributed by atoms with van der Waals surface area (Å²) < 4.78 is 1.64. The van der Waals surface area contributed by atoms with Crippen molar-refractivity contribution in [2.45, 2.75) is 6.42 Å². The summed E-state index contributed by atoms with van der Waals surface area (Å²) in [6.45, 7) is 0.285. The van der Waals surface area contributed by atoms with Crippen LogP contribution in [0.3, 0.4) is 0 Å². The number of carbonyl (C=O) groups excluding carboxylic acids is 3. The molecule has 7 heteroatoms. The van der Waals surface area contributed by atoms with Gasteiger partial charge in [0.15, 0.2) is 0 Å². The van der Waals surface area contributed by atoms with Crippen LogP contribution in [0.2, 0.25) is 0 Å². The van der Waals surface area contributed by atoms with Gasteiger partial charge in [-0.05, 0) is 12.1 Å². The Morgan fingerprint density at radius 2 is 2.15 bits per heavy atom. The Morgan fingerprint density at radius 1 is 1.35 bits per heavy atom. The highest BCUT2D eigenvalue weighted by Gasteiger charge is 2.26. The number of fused-ring (bicyclic) bond motifs is 1. The van der Waals surface area contributed by atoms with E-state index in [0.29, 0.717) is 11.3 Å². The van der Waals surface area contributed by atoms with Crippen LogP contribution in [-0.2, 0) is 11.8 Å². The zero-order chi connectivity index (χ0) is 14.3. The van der Waals surface area contributed by atoms with Gasteiger partial charge in [-0.25, -0.2) is 4.79 Å². The maximum absolute atomic E-state index is 12.0. The maximum Gasteiger partial charge on any atom is 0.328 e. The fraction of sp³-hybridized carbons (Fsp3) is 0.231. The molecule has 1 aromatic carbocycles. The first kappa shape index (κ1) is 12.3. The standard InChI is InChI=1S/C13H12N4O3/c1-16-12-9(6-14-16)4-8(7-18)5-10(12)17-3-2-11(19)15-13(17)20/h4-7H,2-3H2,1H3,(H,15,19,20). The molecule has 1 N–H and O–H groups in total. The molecule has 3 amide bonds. The minimum absolute atomic E-state index is 0.233. The lowest BCUT2D eigenvalue weighted by atomic mass is 10.1. The Balaban J connectivity index is 2.18. The molecule has 0 unspecified atom stereocenters. The van der Waals surface area contributed by atoms with E-state index in [9.17, 15) is 14.4 Å². The Labute approximate surface area is 114 Å². The average molecular weight is 272 g/mol. The minimum Gasteiger partial charge on any atom is -0.298 e. The van der Waals surface area contributed by atoms with E-state index in [1.165, 1.54) is 4.90 Å². The van der Waals surface area contributed by atoms with E-state index >= 15 is 0 Å². The number of amides is 3. The van der Waals surface area contributed by atoms with Crippen LogP contribution in [0, 0.1) is 0 Å². The van der Waals surface area contributed by atoms with E-state index in [1.807, 2.05) is 0 Å². The topological polar surface area (TPSA) is 84.3 Å². The molecule has 0 spiro atoms. The highest BCUT2D eigenvalue weighted by molar-refractivity contribution is 6.10. The van der Waals surface area contributed by atoms with Crippen molar-refractivity contribution >= 4 is 34.8 Å². The summed E-state index contributed by atoms with van der Waals surface area (Å²) >= 11 is 0. The Hall–Kier alpha value is -2.70. The minimum atomic E-state index is -0.480. The smallest absolute Gasteiger partial charge is 0.298 e. The largest absolute Gasteiger partial charge is 0.328 e. The summed E-state index contributed by atoms with van der Waals surface area (Å²) in [6, 6.07) is 2.87. The lowest BCUT2D eigenvalue weighted by molar-refractivity contribution is -0.120. The van der Waals surface area contributed by atoms with Crippen LogP contribution in [0.15, 0.2) is 18.3 Å². The molecule has 1 fully saturated rings. The second kappa shape index (κ2) is 4.44. The lowest BCUT2D eigenvalue weighted by Gasteiger charge is -2.27. The van der Waals surface area contributed by atoms with Gasteiger partial charge in [-0.2, -0.15) is 5.10 Å². The molecule has 0 saturated carbocycles. The molecule has 7 nitrogen and oxygen atoms in total. The summed E-state index contributed by atoms with van der Waals surface area (Å²) in [5, 5.41) is 7.19. The van der Waals surface area contributed by atoms with E-state index < -0.39 is 6.03 Å². The van der Waals surface area contributed by atoms with Gasteiger partial charge in [-0.3, -0.25) is 24.5 Å². The summed E-state index contributed by atoms with van der Waals surface area (Å²) in [5.74, 6) is -0.293. The van der Waals surface area contributed by atoms with Crippen LogP contribution >= 0.6 is 0 Å². The number of nitrogens with zero attached hydrogens (tertiary/aromatic N) is 3. The molecule has 0 atom stereocenters. The summed E-state index contributed by atoms with van der Waals surface area (Å²) in [4.78, 5) is 35.7. The highest BCUT2D eigenvalue weighted by Crippen LogP contribution is 2.29. The number of aldehydes is 1. The monoisotopic (exact) mass is 272 g/mol. The molecule has 1 saturated heterocycles. The third kappa shape index (κ3) is 1.83. The van der Waals surface area contributed by atoms with Gasteiger partial charge in [0.25, 0.3) is 0 Å². The van der Waals surface area contributed by atoms with Crippen LogP contribution in [0.25, 0.3) is 10.9 Å². The predicted octanol–water partition coefficient (Wildman–Crippen LogP) is 0.832. The van der Waals surface area contributed by atoms with Crippen molar-refractivity contribution in [1.82, 2.24) is 15.1 Å². The van der Waals surface area contributed by atoms with Crippen LogP contribution in [-0.4, -0.2) is 34.5 Å². The molecule has 3 rings (SSSR count). The van der Waals surface area contributed by atoms with Crippen LogP contribution in [0.5, 0.6) is 0 Å². The van der Waals surface area contributed by atoms with Crippen molar-refractivity contribution in [2.24, 2.45) is 7.05 Å². The van der Waals surface area contributed by atoms with Crippen LogP contribution in [0.4, 0.5) is 10.5 Å². The first-order valence-corrected chi connectivity index (χ1v) is 6.12. The van der Waals surface area contributed by atoms with Gasteiger partial charge < -0.3 is 0 Å². The summed E-state index contributed by atoms with van der Waals surface area (Å²) in [5.41, 5.74) is 1.79. The fourth-order valence-electron chi connectivity index (χ4n) is 2.39. The number of nitrogens with one attached hydrogen (secondary N) is 1. The van der Waals surface area contributed by atoms with Crippen molar-refractivity contribution in [1.29, 1.82) is 0 Å². The molecular formula is C13H12N4O3. The number of imide groups is 1. The number of aryl methyl sites for hydroxylation is 1. The van der Waals surface area contributed by atoms with Gasteiger partial charge in [0, 0.05) is 31.0 Å². The SMILES string of the molecule is Cn1ncc2cc(C=O)cc(N3CCC(=O)NC3=O)c21. The molecule has 2 aromatic rings. The maximum atomic E-state index is 12.0. The fourth-order valence-corrected chi connectivity index (χ4v) is 2.39. The van der Waals surface area contributed by atoms with Crippen molar-refractivity contribution in [2.75, 3.05) is 11.4 Å². The van der Waals surface area contributed by atoms with E-state index in [1.54, 1.807) is 30.1 Å². The Bertz CT molecular complexity index is 735. The molecule has 1 aliphatic rings. The molecule has 102 valence electrons. The Morgan fingerprint density at radius 3 is 2.85 bits per heavy atom. The van der Waals surface area contributed by atoms with Crippen molar-refractivity contribution in [3.05, 3.63) is 23.9 Å². The normalized spacial score (nSPS) is 15.6. The van der Waals surface area contributed by atoms with Gasteiger partial charge in [0.2, 0.25) is 5.91 Å². The number of rotatable bonds is 2. The number of aromatic nitrogens is 2. The van der Waals surface area contributed by atoms with Crippen molar-refractivity contribution in [3.8, 4) is 0 Å². The molecule has 1 aromatic heterocycles. The van der Waals surface area contributed by atoms with E-state index in [0.717, 1.165) is 17.2 Å². The van der Waals surface area contributed by atoms with E-state index in [4.69, 9.17) is 0 Å². The molecular weight excluding hydrogens is 260 g/mol. The van der Waals surface area contributed by atoms with Crippen molar-refractivity contribution in [3.63, 3.8) is 0 Å². The zero-order valence-corrected chi connectivity index (χ0v) is 10.8. The molecule has 1 aliphatic heterocycles. The molecule has 20 heavy (non-hydrogen) atoms. The number of hydrogen-bond donors (Lipinski definition) is 1. The number of urea groups is 1. The van der Waals surface area contributed by atoms with Gasteiger partial charge >= 0.3 is 6.03 Å². The zero-order valence-electron chi connectivity index (χ0n) is 10.8. The third-order valence-electron chi connectivity index (χ3n) is 3.32. The second-order valence-electron chi connectivity index (χ2n) is 4.62. The van der Waals surface area contributed by atoms with Gasteiger partial charge in [0.05, 0.1) is 17.4 Å². The first-order valence-electron chi connectivity index (χ1n) is 6.12. The summed E-state index contributed by atoms with van der Waals surface area (Å²) in [6.07, 6.45) is 2.60. The molecule has 0 radical (unpaired) electrons. The predicted molar refractivity (Wildman–Crippen MR) is 71.6 cm³/mol. The Kier molecular flexibility index (Phi) is 2.74. The van der Waals surface area contributed by atoms with Crippen LogP contribution in [0.1, 0.15) is 16.8 Å². The lowest BCUT2D eigenvalue weighted by Crippen LogP contribution is -2.49. The second-order valence-corrected chi connectivity index (χ2v) is 4.62. The van der Waals surface area contributed by atoms with Crippen molar-refractivity contribution < 1.29 is 14.4 Å². The quantitative estimate of drug-likeness (QED) is 0.821.